The van der Waals surface area contributed by atoms with Gasteiger partial charge in [0.25, 0.3) is 5.91 Å². The topological polar surface area (TPSA) is 70.8 Å². The molecule has 2 aromatic rings. The molecule has 5 nitrogen and oxygen atoms in total. The van der Waals surface area contributed by atoms with E-state index in [9.17, 15) is 9.59 Å². The van der Waals surface area contributed by atoms with Crippen molar-refractivity contribution < 1.29 is 19.1 Å². The molecule has 0 spiro atoms. The Morgan fingerprint density at radius 1 is 1.09 bits per heavy atom. The summed E-state index contributed by atoms with van der Waals surface area (Å²) in [7, 11) is 0. The van der Waals surface area contributed by atoms with E-state index < -0.39 is 5.97 Å². The minimum Gasteiger partial charge on any atom is -0.475 e. The van der Waals surface area contributed by atoms with Crippen molar-refractivity contribution in [2.75, 3.05) is 6.54 Å². The van der Waals surface area contributed by atoms with Crippen LogP contribution in [0, 0.1) is 0 Å². The number of hydrogen-bond donors (Lipinski definition) is 1. The average molecular weight is 313 g/mol. The van der Waals surface area contributed by atoms with E-state index >= 15 is 0 Å². The molecule has 1 aliphatic heterocycles. The molecule has 1 aromatic heterocycles. The maximum Gasteiger partial charge on any atom is 0.371 e. The molecule has 1 N–H and O–H groups in total. The molecule has 0 bridgehead atoms. The molecule has 1 saturated heterocycles. The molecular formula is C18H19NO4. The highest BCUT2D eigenvalue weighted by Crippen LogP contribution is 2.23. The molecule has 5 heteroatoms. The SMILES string of the molecule is O=C(O)c1ccc(C(=O)N2CCCCC2Cc2ccccc2)o1. The summed E-state index contributed by atoms with van der Waals surface area (Å²) < 4.78 is 5.17. The summed E-state index contributed by atoms with van der Waals surface area (Å²) in [6.07, 6.45) is 3.82. The minimum absolute atomic E-state index is 0.0994. The van der Waals surface area contributed by atoms with Crippen molar-refractivity contribution in [2.45, 2.75) is 31.7 Å². The van der Waals surface area contributed by atoms with Gasteiger partial charge in [-0.25, -0.2) is 4.79 Å². The Hall–Kier alpha value is -2.56. The largest absolute Gasteiger partial charge is 0.475 e. The van der Waals surface area contributed by atoms with Crippen LogP contribution in [0.2, 0.25) is 0 Å². The van der Waals surface area contributed by atoms with Crippen LogP contribution in [-0.4, -0.2) is 34.5 Å². The lowest BCUT2D eigenvalue weighted by atomic mass is 9.95. The number of piperidine rings is 1. The number of carboxylic acids is 1. The van der Waals surface area contributed by atoms with Gasteiger partial charge in [-0.3, -0.25) is 4.79 Å². The Labute approximate surface area is 134 Å². The maximum atomic E-state index is 12.7. The van der Waals surface area contributed by atoms with Crippen LogP contribution in [0.5, 0.6) is 0 Å². The van der Waals surface area contributed by atoms with Gasteiger partial charge in [-0.15, -0.1) is 0 Å². The number of likely N-dealkylation sites (tertiary alicyclic amines) is 1. The van der Waals surface area contributed by atoms with Crippen molar-refractivity contribution in [1.29, 1.82) is 0 Å². The van der Waals surface area contributed by atoms with Crippen LogP contribution >= 0.6 is 0 Å². The van der Waals surface area contributed by atoms with Gasteiger partial charge in [0.05, 0.1) is 0 Å². The zero-order chi connectivity index (χ0) is 16.2. The minimum atomic E-state index is -1.16. The molecule has 0 aliphatic carbocycles. The molecule has 1 aromatic carbocycles. The second-order valence-electron chi connectivity index (χ2n) is 5.81. The number of carboxylic acid groups (broad SMARTS) is 1. The number of rotatable bonds is 4. The summed E-state index contributed by atoms with van der Waals surface area (Å²) in [6, 6.07) is 13.0. The fourth-order valence-electron chi connectivity index (χ4n) is 3.08. The molecule has 1 amide bonds. The van der Waals surface area contributed by atoms with Crippen LogP contribution in [0.4, 0.5) is 0 Å². The van der Waals surface area contributed by atoms with Crippen molar-refractivity contribution >= 4 is 11.9 Å². The van der Waals surface area contributed by atoms with Crippen molar-refractivity contribution in [2.24, 2.45) is 0 Å². The third-order valence-electron chi connectivity index (χ3n) is 4.23. The van der Waals surface area contributed by atoms with E-state index in [4.69, 9.17) is 9.52 Å². The van der Waals surface area contributed by atoms with Crippen molar-refractivity contribution in [1.82, 2.24) is 4.90 Å². The van der Waals surface area contributed by atoms with Crippen molar-refractivity contribution in [3.8, 4) is 0 Å². The maximum absolute atomic E-state index is 12.7. The number of nitrogens with zero attached hydrogens (tertiary/aromatic N) is 1. The van der Waals surface area contributed by atoms with E-state index in [0.29, 0.717) is 6.54 Å². The van der Waals surface area contributed by atoms with E-state index in [0.717, 1.165) is 25.7 Å². The molecule has 2 heterocycles. The third kappa shape index (κ3) is 3.44. The lowest BCUT2D eigenvalue weighted by molar-refractivity contribution is 0.0570. The van der Waals surface area contributed by atoms with Crippen molar-refractivity contribution in [3.05, 3.63) is 59.5 Å². The molecule has 1 fully saturated rings. The Kier molecular flexibility index (Phi) is 4.46. The predicted molar refractivity (Wildman–Crippen MR) is 84.5 cm³/mol. The molecule has 120 valence electrons. The van der Waals surface area contributed by atoms with Gasteiger partial charge in [-0.05, 0) is 43.4 Å². The zero-order valence-electron chi connectivity index (χ0n) is 12.8. The Morgan fingerprint density at radius 2 is 1.83 bits per heavy atom. The standard InChI is InChI=1S/C18H19NO4/c20-17(15-9-10-16(23-15)18(21)22)19-11-5-4-8-14(19)12-13-6-2-1-3-7-13/h1-3,6-7,9-10,14H,4-5,8,11-12H2,(H,21,22). The molecule has 1 aliphatic rings. The summed E-state index contributed by atoms with van der Waals surface area (Å²) in [5, 5.41) is 8.92. The van der Waals surface area contributed by atoms with Crippen molar-refractivity contribution in [3.63, 3.8) is 0 Å². The first-order valence-corrected chi connectivity index (χ1v) is 7.83. The van der Waals surface area contributed by atoms with Gasteiger partial charge < -0.3 is 14.4 Å². The highest BCUT2D eigenvalue weighted by Gasteiger charge is 2.29. The van der Waals surface area contributed by atoms with Crippen LogP contribution in [0.1, 0.15) is 45.9 Å². The second kappa shape index (κ2) is 6.69. The molecule has 3 rings (SSSR count). The number of carbonyl (C=O) groups is 2. The highest BCUT2D eigenvalue weighted by molar-refractivity contribution is 5.93. The highest BCUT2D eigenvalue weighted by atomic mass is 16.4. The summed E-state index contributed by atoms with van der Waals surface area (Å²) in [6.45, 7) is 0.680. The van der Waals surface area contributed by atoms with Gasteiger partial charge in [-0.2, -0.15) is 0 Å². The lowest BCUT2D eigenvalue weighted by Gasteiger charge is -2.35. The fourth-order valence-corrected chi connectivity index (χ4v) is 3.08. The second-order valence-corrected chi connectivity index (χ2v) is 5.81. The summed E-state index contributed by atoms with van der Waals surface area (Å²) in [5.74, 6) is -1.49. The molecule has 23 heavy (non-hydrogen) atoms. The fraction of sp³-hybridized carbons (Fsp3) is 0.333. The molecule has 0 radical (unpaired) electrons. The number of benzene rings is 1. The van der Waals surface area contributed by atoms with Crippen LogP contribution < -0.4 is 0 Å². The van der Waals surface area contributed by atoms with E-state index in [1.54, 1.807) is 0 Å². The zero-order valence-corrected chi connectivity index (χ0v) is 12.8. The third-order valence-corrected chi connectivity index (χ3v) is 4.23. The summed E-state index contributed by atoms with van der Waals surface area (Å²) in [5.41, 5.74) is 1.20. The van der Waals surface area contributed by atoms with Gasteiger partial charge >= 0.3 is 5.97 Å². The van der Waals surface area contributed by atoms with Crippen LogP contribution in [0.15, 0.2) is 46.9 Å². The van der Waals surface area contributed by atoms with Gasteiger partial charge in [0.2, 0.25) is 5.76 Å². The number of aromatic carboxylic acids is 1. The number of hydrogen-bond acceptors (Lipinski definition) is 3. The average Bonchev–Trinajstić information content (AvgIpc) is 3.06. The van der Waals surface area contributed by atoms with Crippen LogP contribution in [-0.2, 0) is 6.42 Å². The van der Waals surface area contributed by atoms with Gasteiger partial charge in [0.15, 0.2) is 5.76 Å². The molecular weight excluding hydrogens is 294 g/mol. The smallest absolute Gasteiger partial charge is 0.371 e. The van der Waals surface area contributed by atoms with E-state index in [1.807, 2.05) is 23.1 Å². The number of amides is 1. The monoisotopic (exact) mass is 313 g/mol. The first-order valence-electron chi connectivity index (χ1n) is 7.83. The lowest BCUT2D eigenvalue weighted by Crippen LogP contribution is -2.44. The molecule has 0 saturated carbocycles. The molecule has 1 unspecified atom stereocenters. The quantitative estimate of drug-likeness (QED) is 0.941. The Morgan fingerprint density at radius 3 is 2.52 bits per heavy atom. The van der Waals surface area contributed by atoms with Crippen LogP contribution in [0.25, 0.3) is 0 Å². The first-order chi connectivity index (χ1) is 11.1. The van der Waals surface area contributed by atoms with Crippen LogP contribution in [0.3, 0.4) is 0 Å². The summed E-state index contributed by atoms with van der Waals surface area (Å²) in [4.78, 5) is 25.4. The molecule has 1 atom stereocenters. The van der Waals surface area contributed by atoms with E-state index in [2.05, 4.69) is 12.1 Å². The normalized spacial score (nSPS) is 17.9. The number of carbonyl (C=O) groups excluding carboxylic acids is 1. The van der Waals surface area contributed by atoms with Gasteiger partial charge in [0, 0.05) is 12.6 Å². The number of furan rings is 1. The first kappa shape index (κ1) is 15.3. The van der Waals surface area contributed by atoms with E-state index in [-0.39, 0.29) is 23.5 Å². The van der Waals surface area contributed by atoms with Gasteiger partial charge in [0.1, 0.15) is 0 Å². The van der Waals surface area contributed by atoms with E-state index in [1.165, 1.54) is 17.7 Å². The Balaban J connectivity index is 1.77. The van der Waals surface area contributed by atoms with Gasteiger partial charge in [-0.1, -0.05) is 30.3 Å². The predicted octanol–water partition coefficient (Wildman–Crippen LogP) is 3.22. The summed E-state index contributed by atoms with van der Waals surface area (Å²) >= 11 is 0. The Bertz CT molecular complexity index is 692.